The van der Waals surface area contributed by atoms with Gasteiger partial charge in [-0.2, -0.15) is 0 Å². The van der Waals surface area contributed by atoms with E-state index in [2.05, 4.69) is 16.0 Å². The van der Waals surface area contributed by atoms with Crippen molar-refractivity contribution in [3.05, 3.63) is 83.4 Å². The Morgan fingerprint density at radius 3 is 2.16 bits per heavy atom. The second-order valence-electron chi connectivity index (χ2n) is 8.14. The van der Waals surface area contributed by atoms with E-state index in [0.717, 1.165) is 22.4 Å². The van der Waals surface area contributed by atoms with Crippen molar-refractivity contribution in [2.75, 3.05) is 22.6 Å². The van der Waals surface area contributed by atoms with Gasteiger partial charge in [0, 0.05) is 29.5 Å². The summed E-state index contributed by atoms with van der Waals surface area (Å²) in [6, 6.07) is 19.6. The zero-order valence-electron chi connectivity index (χ0n) is 21.8. The molecule has 0 bridgehead atoms. The summed E-state index contributed by atoms with van der Waals surface area (Å²) in [4.78, 5) is 35.4. The first-order valence-corrected chi connectivity index (χ1v) is 12.3. The first-order chi connectivity index (χ1) is 17.8. The molecule has 0 aliphatic rings. The molecule has 3 amide bonds. The molecule has 0 unspecified atom stereocenters. The molecule has 37 heavy (non-hydrogen) atoms. The van der Waals surface area contributed by atoms with E-state index >= 15 is 0 Å². The summed E-state index contributed by atoms with van der Waals surface area (Å²) in [5.74, 6) is -0.447. The summed E-state index contributed by atoms with van der Waals surface area (Å²) < 4.78 is 5.66. The van der Waals surface area contributed by atoms with Crippen LogP contribution in [0.4, 0.5) is 21.9 Å². The summed E-state index contributed by atoms with van der Waals surface area (Å²) in [5, 5.41) is 17.2. The number of aliphatic carboxylic acids is 1. The number of urea groups is 1. The molecule has 0 saturated heterocycles. The van der Waals surface area contributed by atoms with Gasteiger partial charge in [-0.05, 0) is 61.2 Å². The Morgan fingerprint density at radius 2 is 1.49 bits per heavy atom. The van der Waals surface area contributed by atoms with Gasteiger partial charge in [0.05, 0.1) is 13.0 Å². The number of carbonyl (C=O) groups excluding carboxylic acids is 2. The third kappa shape index (κ3) is 10.0. The van der Waals surface area contributed by atoms with Crippen LogP contribution in [-0.2, 0) is 16.0 Å². The highest BCUT2D eigenvalue weighted by atomic mass is 16.5. The molecular formula is C29H35N3O5. The lowest BCUT2D eigenvalue weighted by Crippen LogP contribution is -2.20. The topological polar surface area (TPSA) is 117 Å². The average Bonchev–Trinajstić information content (AvgIpc) is 2.87. The molecule has 0 saturated carbocycles. The molecule has 8 heteroatoms. The molecule has 0 radical (unpaired) electrons. The zero-order valence-corrected chi connectivity index (χ0v) is 21.8. The third-order valence-corrected chi connectivity index (χ3v) is 5.23. The molecule has 0 aromatic heterocycles. The van der Waals surface area contributed by atoms with Gasteiger partial charge >= 0.3 is 12.0 Å². The van der Waals surface area contributed by atoms with Gasteiger partial charge in [0.1, 0.15) is 5.75 Å². The predicted molar refractivity (Wildman–Crippen MR) is 147 cm³/mol. The highest BCUT2D eigenvalue weighted by Gasteiger charge is 2.09. The van der Waals surface area contributed by atoms with Crippen LogP contribution in [0.2, 0.25) is 0 Å². The number of aryl methyl sites for hydroxylation is 2. The van der Waals surface area contributed by atoms with Gasteiger partial charge in [-0.15, -0.1) is 0 Å². The van der Waals surface area contributed by atoms with Gasteiger partial charge in [0.15, 0.2) is 0 Å². The summed E-state index contributed by atoms with van der Waals surface area (Å²) in [6.07, 6.45) is 0.614. The molecule has 8 nitrogen and oxygen atoms in total. The van der Waals surface area contributed by atoms with Crippen LogP contribution in [0.15, 0.2) is 66.7 Å². The van der Waals surface area contributed by atoms with Gasteiger partial charge < -0.3 is 25.8 Å². The van der Waals surface area contributed by atoms with Crippen molar-refractivity contribution in [1.29, 1.82) is 0 Å². The minimum atomic E-state index is -0.860. The number of benzene rings is 3. The van der Waals surface area contributed by atoms with Crippen LogP contribution >= 0.6 is 0 Å². The summed E-state index contributed by atoms with van der Waals surface area (Å²) in [5.41, 5.74) is 4.61. The maximum Gasteiger partial charge on any atom is 0.323 e. The minimum Gasteiger partial charge on any atom is -0.493 e. The molecule has 0 aliphatic heterocycles. The van der Waals surface area contributed by atoms with Crippen molar-refractivity contribution in [3.63, 3.8) is 0 Å². The van der Waals surface area contributed by atoms with E-state index in [0.29, 0.717) is 23.5 Å². The van der Waals surface area contributed by atoms with E-state index in [9.17, 15) is 14.4 Å². The van der Waals surface area contributed by atoms with E-state index in [1.807, 2.05) is 58.0 Å². The van der Waals surface area contributed by atoms with Crippen LogP contribution < -0.4 is 20.7 Å². The number of carboxylic acids is 1. The van der Waals surface area contributed by atoms with Crippen molar-refractivity contribution < 1.29 is 24.2 Å². The largest absolute Gasteiger partial charge is 0.493 e. The highest BCUT2D eigenvalue weighted by molar-refractivity contribution is 6.00. The molecule has 0 spiro atoms. The Bertz CT molecular complexity index is 1190. The van der Waals surface area contributed by atoms with E-state index in [1.54, 1.807) is 36.4 Å². The molecule has 3 aromatic carbocycles. The third-order valence-electron chi connectivity index (χ3n) is 5.23. The Morgan fingerprint density at radius 1 is 0.811 bits per heavy atom. The smallest absolute Gasteiger partial charge is 0.323 e. The average molecular weight is 506 g/mol. The predicted octanol–water partition coefficient (Wildman–Crippen LogP) is 6.40. The number of anilines is 3. The first kappa shape index (κ1) is 28.9. The first-order valence-electron chi connectivity index (χ1n) is 12.3. The second-order valence-corrected chi connectivity index (χ2v) is 8.14. The maximum atomic E-state index is 12.5. The molecule has 196 valence electrons. The van der Waals surface area contributed by atoms with Crippen LogP contribution in [-0.4, -0.2) is 29.6 Å². The van der Waals surface area contributed by atoms with Crippen molar-refractivity contribution in [2.45, 2.75) is 47.0 Å². The Kier molecular flexibility index (Phi) is 11.7. The zero-order chi connectivity index (χ0) is 27.2. The van der Waals surface area contributed by atoms with Gasteiger partial charge in [-0.1, -0.05) is 50.2 Å². The standard InChI is InChI=1S/C27H29N3O5.C2H6/c1-18-6-3-4-7-23(18)30-27(34)29-21-13-10-20(11-14-21)16-25(31)28-22-12-9-19(2)24(17-22)35-15-5-8-26(32)33;1-2/h3-4,6-7,9-14,17H,5,8,15-16H2,1-2H3,(H,28,31)(H,32,33)(H2,29,30,34);1-2H3. The number of ether oxygens (including phenoxy) is 1. The van der Waals surface area contributed by atoms with Gasteiger partial charge in [0.2, 0.25) is 5.91 Å². The van der Waals surface area contributed by atoms with Gasteiger partial charge in [0.25, 0.3) is 0 Å². The molecule has 0 aliphatic carbocycles. The van der Waals surface area contributed by atoms with E-state index in [4.69, 9.17) is 9.84 Å². The number of para-hydroxylation sites is 1. The van der Waals surface area contributed by atoms with Crippen molar-refractivity contribution in [3.8, 4) is 5.75 Å². The fourth-order valence-corrected chi connectivity index (χ4v) is 3.33. The Balaban J connectivity index is 0.00000235. The molecule has 0 fully saturated rings. The molecule has 3 aromatic rings. The fourth-order valence-electron chi connectivity index (χ4n) is 3.33. The van der Waals surface area contributed by atoms with Crippen LogP contribution in [0.25, 0.3) is 0 Å². The normalized spacial score (nSPS) is 9.95. The molecular weight excluding hydrogens is 470 g/mol. The SMILES string of the molecule is CC.Cc1ccccc1NC(=O)Nc1ccc(CC(=O)Nc2ccc(C)c(OCCCC(=O)O)c2)cc1. The molecule has 3 rings (SSSR count). The summed E-state index contributed by atoms with van der Waals surface area (Å²) in [7, 11) is 0. The fraction of sp³-hybridized carbons (Fsp3) is 0.276. The Hall–Kier alpha value is -4.33. The number of hydrogen-bond donors (Lipinski definition) is 4. The Labute approximate surface area is 218 Å². The maximum absolute atomic E-state index is 12.5. The molecule has 0 heterocycles. The highest BCUT2D eigenvalue weighted by Crippen LogP contribution is 2.23. The lowest BCUT2D eigenvalue weighted by Gasteiger charge is -2.12. The number of amides is 3. The van der Waals surface area contributed by atoms with Gasteiger partial charge in [-0.3, -0.25) is 9.59 Å². The van der Waals surface area contributed by atoms with Crippen LogP contribution in [0.3, 0.4) is 0 Å². The quantitative estimate of drug-likeness (QED) is 0.238. The van der Waals surface area contributed by atoms with Crippen LogP contribution in [0.1, 0.15) is 43.4 Å². The van der Waals surface area contributed by atoms with E-state index < -0.39 is 5.97 Å². The second kappa shape index (κ2) is 14.9. The van der Waals surface area contributed by atoms with E-state index in [-0.39, 0.29) is 31.4 Å². The van der Waals surface area contributed by atoms with Crippen LogP contribution in [0, 0.1) is 13.8 Å². The summed E-state index contributed by atoms with van der Waals surface area (Å²) in [6.45, 7) is 8.09. The summed E-state index contributed by atoms with van der Waals surface area (Å²) >= 11 is 0. The van der Waals surface area contributed by atoms with E-state index in [1.165, 1.54) is 0 Å². The van der Waals surface area contributed by atoms with Crippen molar-refractivity contribution >= 4 is 35.0 Å². The lowest BCUT2D eigenvalue weighted by molar-refractivity contribution is -0.137. The lowest BCUT2D eigenvalue weighted by atomic mass is 10.1. The number of hydrogen-bond acceptors (Lipinski definition) is 4. The minimum absolute atomic E-state index is 0.0428. The van der Waals surface area contributed by atoms with Crippen molar-refractivity contribution in [1.82, 2.24) is 0 Å². The molecule has 0 atom stereocenters. The van der Waals surface area contributed by atoms with Gasteiger partial charge in [-0.25, -0.2) is 4.79 Å². The van der Waals surface area contributed by atoms with Crippen molar-refractivity contribution in [2.24, 2.45) is 0 Å². The number of carboxylic acid groups (broad SMARTS) is 1. The molecule has 4 N–H and O–H groups in total. The van der Waals surface area contributed by atoms with Crippen LogP contribution in [0.5, 0.6) is 5.75 Å². The monoisotopic (exact) mass is 505 g/mol. The number of nitrogens with one attached hydrogen (secondary N) is 3. The number of rotatable bonds is 10. The number of carbonyl (C=O) groups is 3.